The molecule has 0 spiro atoms. The Morgan fingerprint density at radius 3 is 2.71 bits per heavy atom. The van der Waals surface area contributed by atoms with Crippen molar-refractivity contribution in [2.45, 2.75) is 11.3 Å². The number of halogens is 1. The van der Waals surface area contributed by atoms with Gasteiger partial charge in [-0.25, -0.2) is 4.79 Å². The highest BCUT2D eigenvalue weighted by Gasteiger charge is 2.16. The number of nitrogens with one attached hydrogen (secondary N) is 2. The first-order valence-electron chi connectivity index (χ1n) is 8.07. The van der Waals surface area contributed by atoms with Crippen LogP contribution >= 0.6 is 34.7 Å². The Labute approximate surface area is 174 Å². The summed E-state index contributed by atoms with van der Waals surface area (Å²) in [5.74, 6) is -0.538. The van der Waals surface area contributed by atoms with Crippen LogP contribution in [0.1, 0.15) is 6.92 Å². The lowest BCUT2D eigenvalue weighted by atomic mass is 10.3. The number of anilines is 2. The zero-order valence-corrected chi connectivity index (χ0v) is 17.5. The quantitative estimate of drug-likeness (QED) is 0.476. The third-order valence-corrected chi connectivity index (χ3v) is 5.45. The normalized spacial score (nSPS) is 10.2. The van der Waals surface area contributed by atoms with E-state index in [1.807, 2.05) is 0 Å². The lowest BCUT2D eigenvalue weighted by Crippen LogP contribution is -2.36. The third kappa shape index (κ3) is 6.98. The van der Waals surface area contributed by atoms with E-state index in [-0.39, 0.29) is 35.9 Å². The van der Waals surface area contributed by atoms with Gasteiger partial charge in [0.05, 0.1) is 29.6 Å². The van der Waals surface area contributed by atoms with E-state index >= 15 is 0 Å². The van der Waals surface area contributed by atoms with Gasteiger partial charge in [0.15, 0.2) is 4.34 Å². The molecule has 0 unspecified atom stereocenters. The Morgan fingerprint density at radius 2 is 2.00 bits per heavy atom. The molecular weight excluding hydrogens is 426 g/mol. The second-order valence-electron chi connectivity index (χ2n) is 5.29. The van der Waals surface area contributed by atoms with Gasteiger partial charge in [0.2, 0.25) is 16.9 Å². The van der Waals surface area contributed by atoms with Gasteiger partial charge in [0.25, 0.3) is 0 Å². The minimum atomic E-state index is -0.615. The third-order valence-electron chi connectivity index (χ3n) is 3.16. The summed E-state index contributed by atoms with van der Waals surface area (Å²) in [5.41, 5.74) is 0.486. The molecule has 1 aromatic carbocycles. The molecule has 0 saturated carbocycles. The van der Waals surface area contributed by atoms with Gasteiger partial charge in [-0.05, 0) is 19.1 Å². The van der Waals surface area contributed by atoms with Crippen molar-refractivity contribution in [2.24, 2.45) is 0 Å². The fourth-order valence-corrected chi connectivity index (χ4v) is 3.72. The summed E-state index contributed by atoms with van der Waals surface area (Å²) in [6.45, 7) is 1.82. The second kappa shape index (κ2) is 10.8. The molecule has 2 rings (SSSR count). The van der Waals surface area contributed by atoms with E-state index in [1.54, 1.807) is 31.2 Å². The minimum absolute atomic E-state index is 0.0733. The number of aromatic nitrogens is 2. The molecule has 0 atom stereocenters. The first-order chi connectivity index (χ1) is 13.4. The van der Waals surface area contributed by atoms with Crippen molar-refractivity contribution in [3.8, 4) is 0 Å². The Bertz CT molecular complexity index is 848. The van der Waals surface area contributed by atoms with Gasteiger partial charge in [0, 0.05) is 7.05 Å². The molecule has 0 aliphatic heterocycles. The number of carbonyl (C=O) groups excluding carboxylic acids is 3. The Hall–Kier alpha value is -2.37. The number of carbonyl (C=O) groups is 3. The van der Waals surface area contributed by atoms with Gasteiger partial charge in [-0.2, -0.15) is 0 Å². The molecule has 0 fully saturated rings. The Morgan fingerprint density at radius 1 is 1.25 bits per heavy atom. The van der Waals surface area contributed by atoms with Crippen LogP contribution in [-0.4, -0.2) is 59.0 Å². The highest BCUT2D eigenvalue weighted by molar-refractivity contribution is 8.01. The highest BCUT2D eigenvalue weighted by Crippen LogP contribution is 2.25. The molecule has 0 aliphatic rings. The molecule has 2 aromatic rings. The minimum Gasteiger partial charge on any atom is -0.450 e. The van der Waals surface area contributed by atoms with E-state index in [4.69, 9.17) is 16.3 Å². The molecule has 28 heavy (non-hydrogen) atoms. The van der Waals surface area contributed by atoms with Crippen molar-refractivity contribution in [2.75, 3.05) is 36.6 Å². The molecule has 1 heterocycles. The second-order valence-corrected chi connectivity index (χ2v) is 7.89. The van der Waals surface area contributed by atoms with Crippen LogP contribution in [0, 0.1) is 0 Å². The van der Waals surface area contributed by atoms with E-state index in [2.05, 4.69) is 20.8 Å². The molecule has 0 bridgehead atoms. The number of rotatable bonds is 8. The largest absolute Gasteiger partial charge is 0.450 e. The van der Waals surface area contributed by atoms with Gasteiger partial charge >= 0.3 is 6.09 Å². The van der Waals surface area contributed by atoms with Gasteiger partial charge in [0.1, 0.15) is 0 Å². The summed E-state index contributed by atoms with van der Waals surface area (Å²) >= 11 is 8.27. The predicted octanol–water partition coefficient (Wildman–Crippen LogP) is 2.95. The van der Waals surface area contributed by atoms with Crippen LogP contribution < -0.4 is 10.6 Å². The molecule has 150 valence electrons. The average Bonchev–Trinajstić information content (AvgIpc) is 3.09. The van der Waals surface area contributed by atoms with Gasteiger partial charge in [-0.1, -0.05) is 46.8 Å². The van der Waals surface area contributed by atoms with E-state index in [9.17, 15) is 14.4 Å². The highest BCUT2D eigenvalue weighted by atomic mass is 35.5. The lowest BCUT2D eigenvalue weighted by Gasteiger charge is -2.16. The number of hydrogen-bond acceptors (Lipinski definition) is 8. The van der Waals surface area contributed by atoms with Crippen LogP contribution in [0.25, 0.3) is 0 Å². The van der Waals surface area contributed by atoms with Crippen LogP contribution in [0.2, 0.25) is 5.02 Å². The molecule has 1 aromatic heterocycles. The Kier molecular flexibility index (Phi) is 8.48. The zero-order chi connectivity index (χ0) is 20.5. The summed E-state index contributed by atoms with van der Waals surface area (Å²) in [6.07, 6.45) is -0.615. The number of para-hydroxylation sites is 1. The summed E-state index contributed by atoms with van der Waals surface area (Å²) < 4.78 is 5.26. The molecule has 3 amide bonds. The van der Waals surface area contributed by atoms with Crippen molar-refractivity contribution in [1.29, 1.82) is 0 Å². The smallest absolute Gasteiger partial charge is 0.413 e. The fourth-order valence-electron chi connectivity index (χ4n) is 1.86. The van der Waals surface area contributed by atoms with Crippen LogP contribution in [0.15, 0.2) is 28.6 Å². The average molecular weight is 444 g/mol. The number of hydrogen-bond donors (Lipinski definition) is 2. The topological polar surface area (TPSA) is 114 Å². The Balaban J connectivity index is 1.78. The van der Waals surface area contributed by atoms with Crippen molar-refractivity contribution < 1.29 is 19.1 Å². The van der Waals surface area contributed by atoms with Gasteiger partial charge < -0.3 is 15.0 Å². The standard InChI is InChI=1S/C16H18ClN5O4S2/c1-3-26-15(25)19-14-20-21-16(28-14)27-9-13(24)22(2)8-12(23)18-11-7-5-4-6-10(11)17/h4-7H,3,8-9H2,1-2H3,(H,18,23)(H,19,20,25). The van der Waals surface area contributed by atoms with Crippen molar-refractivity contribution >= 4 is 63.4 Å². The van der Waals surface area contributed by atoms with Crippen LogP contribution in [0.4, 0.5) is 15.6 Å². The number of likely N-dealkylation sites (N-methyl/N-ethyl adjacent to an activating group) is 1. The summed E-state index contributed by atoms with van der Waals surface area (Å²) in [4.78, 5) is 36.9. The predicted molar refractivity (Wildman–Crippen MR) is 109 cm³/mol. The van der Waals surface area contributed by atoms with Gasteiger partial charge in [-0.15, -0.1) is 10.2 Å². The van der Waals surface area contributed by atoms with Crippen LogP contribution in [0.3, 0.4) is 0 Å². The number of thioether (sulfide) groups is 1. The van der Waals surface area contributed by atoms with Crippen LogP contribution in [-0.2, 0) is 14.3 Å². The van der Waals surface area contributed by atoms with E-state index in [0.717, 1.165) is 23.1 Å². The molecule has 0 radical (unpaired) electrons. The van der Waals surface area contributed by atoms with Gasteiger partial charge in [-0.3, -0.25) is 14.9 Å². The molecule has 9 nitrogen and oxygen atoms in total. The van der Waals surface area contributed by atoms with E-state index in [0.29, 0.717) is 15.0 Å². The number of ether oxygens (including phenoxy) is 1. The van der Waals surface area contributed by atoms with Crippen molar-refractivity contribution in [3.05, 3.63) is 29.3 Å². The first-order valence-corrected chi connectivity index (χ1v) is 10.3. The van der Waals surface area contributed by atoms with Crippen molar-refractivity contribution in [3.63, 3.8) is 0 Å². The fraction of sp³-hybridized carbons (Fsp3) is 0.312. The number of benzene rings is 1. The first kappa shape index (κ1) is 21.9. The zero-order valence-electron chi connectivity index (χ0n) is 15.1. The lowest BCUT2D eigenvalue weighted by molar-refractivity contribution is -0.131. The summed E-state index contributed by atoms with van der Waals surface area (Å²) in [7, 11) is 1.53. The van der Waals surface area contributed by atoms with E-state index < -0.39 is 6.09 Å². The maximum atomic E-state index is 12.2. The number of nitrogens with zero attached hydrogens (tertiary/aromatic N) is 3. The summed E-state index contributed by atoms with van der Waals surface area (Å²) in [6, 6.07) is 6.84. The molecular formula is C16H18ClN5O4S2. The molecule has 0 saturated heterocycles. The molecule has 2 N–H and O–H groups in total. The molecule has 0 aliphatic carbocycles. The molecule has 12 heteroatoms. The SMILES string of the molecule is CCOC(=O)Nc1nnc(SCC(=O)N(C)CC(=O)Nc2ccccc2Cl)s1. The number of amides is 3. The summed E-state index contributed by atoms with van der Waals surface area (Å²) in [5, 5.41) is 13.5. The maximum absolute atomic E-state index is 12.2. The monoisotopic (exact) mass is 443 g/mol. The van der Waals surface area contributed by atoms with Crippen LogP contribution in [0.5, 0.6) is 0 Å². The van der Waals surface area contributed by atoms with E-state index in [1.165, 1.54) is 11.9 Å². The maximum Gasteiger partial charge on any atom is 0.413 e. The van der Waals surface area contributed by atoms with Crippen molar-refractivity contribution in [1.82, 2.24) is 15.1 Å².